The van der Waals surface area contributed by atoms with Gasteiger partial charge >= 0.3 is 6.18 Å². The number of hydrogen-bond donors (Lipinski definition) is 0. The van der Waals surface area contributed by atoms with Gasteiger partial charge in [0, 0.05) is 39.1 Å². The molecular formula is C24H34F3N3O3S. The maximum atomic E-state index is 13.8. The first-order chi connectivity index (χ1) is 16.0. The normalized spacial score (nSPS) is 28.4. The Morgan fingerprint density at radius 1 is 1.15 bits per heavy atom. The minimum atomic E-state index is -4.61. The molecule has 3 heterocycles. The third-order valence-electron chi connectivity index (χ3n) is 7.78. The molecule has 34 heavy (non-hydrogen) atoms. The molecule has 3 aliphatic heterocycles. The van der Waals surface area contributed by atoms with Crippen LogP contribution in [0.25, 0.3) is 0 Å². The van der Waals surface area contributed by atoms with Crippen LogP contribution in [0.2, 0.25) is 0 Å². The van der Waals surface area contributed by atoms with E-state index in [1.807, 2.05) is 0 Å². The Kier molecular flexibility index (Phi) is 7.32. The van der Waals surface area contributed by atoms with Crippen molar-refractivity contribution in [3.8, 4) is 0 Å². The molecule has 0 N–H and O–H groups in total. The van der Waals surface area contributed by atoms with Crippen LogP contribution in [0.5, 0.6) is 0 Å². The van der Waals surface area contributed by atoms with Crippen LogP contribution in [0.1, 0.15) is 50.5 Å². The SMILES string of the molecule is CN(C)C(=O)CCC[C@@H]1[C@H]2CCCN3CCC[C@@H](CN1S(=O)(=O)c1cccc(C(F)(F)F)c1)[C@@H]23. The first-order valence-corrected chi connectivity index (χ1v) is 13.6. The molecule has 0 saturated carbocycles. The van der Waals surface area contributed by atoms with Crippen LogP contribution in [-0.2, 0) is 21.0 Å². The van der Waals surface area contributed by atoms with Gasteiger partial charge in [-0.15, -0.1) is 0 Å². The Bertz CT molecular complexity index is 997. The van der Waals surface area contributed by atoms with E-state index in [-0.39, 0.29) is 28.7 Å². The third-order valence-corrected chi connectivity index (χ3v) is 9.67. The van der Waals surface area contributed by atoms with Crippen molar-refractivity contribution in [3.63, 3.8) is 0 Å². The van der Waals surface area contributed by atoms with Crippen LogP contribution < -0.4 is 0 Å². The fourth-order valence-corrected chi connectivity index (χ4v) is 8.05. The minimum Gasteiger partial charge on any atom is -0.349 e. The minimum absolute atomic E-state index is 0.0103. The summed E-state index contributed by atoms with van der Waals surface area (Å²) in [6.07, 6.45) is 0.606. The quantitative estimate of drug-likeness (QED) is 0.595. The molecule has 10 heteroatoms. The lowest BCUT2D eigenvalue weighted by molar-refractivity contribution is -0.137. The summed E-state index contributed by atoms with van der Waals surface area (Å²) in [7, 11) is -0.742. The van der Waals surface area contributed by atoms with Crippen molar-refractivity contribution < 1.29 is 26.4 Å². The zero-order valence-electron chi connectivity index (χ0n) is 19.8. The van der Waals surface area contributed by atoms with E-state index in [1.54, 1.807) is 14.1 Å². The number of benzene rings is 1. The summed E-state index contributed by atoms with van der Waals surface area (Å²) in [5.74, 6) is 0.297. The zero-order chi connectivity index (χ0) is 24.7. The van der Waals surface area contributed by atoms with E-state index < -0.39 is 21.8 Å². The molecule has 3 fully saturated rings. The number of halogens is 3. The number of alkyl halides is 3. The molecule has 0 unspecified atom stereocenters. The van der Waals surface area contributed by atoms with Gasteiger partial charge in [0.15, 0.2) is 0 Å². The molecule has 1 amide bonds. The summed E-state index contributed by atoms with van der Waals surface area (Å²) in [6.45, 7) is 2.36. The molecule has 0 bridgehead atoms. The number of amides is 1. The van der Waals surface area contributed by atoms with Crippen LogP contribution in [0.3, 0.4) is 0 Å². The summed E-state index contributed by atoms with van der Waals surface area (Å²) in [6, 6.07) is 4.06. The predicted molar refractivity (Wildman–Crippen MR) is 122 cm³/mol. The van der Waals surface area contributed by atoms with Crippen LogP contribution in [0.4, 0.5) is 13.2 Å². The maximum absolute atomic E-state index is 13.8. The van der Waals surface area contributed by atoms with Crippen molar-refractivity contribution in [2.24, 2.45) is 11.8 Å². The van der Waals surface area contributed by atoms with Crippen molar-refractivity contribution in [1.82, 2.24) is 14.1 Å². The van der Waals surface area contributed by atoms with Gasteiger partial charge in [-0.2, -0.15) is 17.5 Å². The molecule has 4 rings (SSSR count). The van der Waals surface area contributed by atoms with Crippen molar-refractivity contribution in [3.05, 3.63) is 29.8 Å². The monoisotopic (exact) mass is 501 g/mol. The first-order valence-electron chi connectivity index (χ1n) is 12.1. The number of nitrogens with zero attached hydrogens (tertiary/aromatic N) is 3. The maximum Gasteiger partial charge on any atom is 0.416 e. The lowest BCUT2D eigenvalue weighted by Crippen LogP contribution is -2.65. The molecule has 4 atom stereocenters. The predicted octanol–water partition coefficient (Wildman–Crippen LogP) is 3.83. The van der Waals surface area contributed by atoms with Crippen molar-refractivity contribution in [2.75, 3.05) is 33.7 Å². The second kappa shape index (κ2) is 9.78. The number of piperidine rings is 3. The molecule has 6 nitrogen and oxygen atoms in total. The number of sulfonamides is 1. The van der Waals surface area contributed by atoms with E-state index in [1.165, 1.54) is 15.3 Å². The number of carbonyl (C=O) groups excluding carboxylic acids is 1. The van der Waals surface area contributed by atoms with Crippen molar-refractivity contribution in [2.45, 2.75) is 68.1 Å². The van der Waals surface area contributed by atoms with Gasteiger partial charge in [-0.25, -0.2) is 8.42 Å². The Balaban J connectivity index is 1.67. The molecule has 0 spiro atoms. The summed E-state index contributed by atoms with van der Waals surface area (Å²) >= 11 is 0. The topological polar surface area (TPSA) is 60.9 Å². The van der Waals surface area contributed by atoms with Gasteiger partial charge in [0.25, 0.3) is 0 Å². The largest absolute Gasteiger partial charge is 0.416 e. The summed E-state index contributed by atoms with van der Waals surface area (Å²) < 4.78 is 69.0. The van der Waals surface area contributed by atoms with Crippen LogP contribution in [0, 0.1) is 11.8 Å². The molecule has 190 valence electrons. The Labute approximate surface area is 200 Å². The molecule has 0 aliphatic carbocycles. The van der Waals surface area contributed by atoms with Gasteiger partial charge in [-0.1, -0.05) is 6.07 Å². The standard InChI is InChI=1S/C24H34F3N3O3S/c1-28(2)22(31)12-4-11-21-20-10-6-14-29-13-5-7-17(23(20)29)16-30(21)34(32,33)19-9-3-8-18(15-19)24(25,26)27/h3,8-9,15,17,20-21,23H,4-7,10-14,16H2,1-2H3/t17-,20+,21+,23-/m0/s1. The molecule has 1 aromatic carbocycles. The van der Waals surface area contributed by atoms with E-state index in [0.717, 1.165) is 57.0 Å². The van der Waals surface area contributed by atoms with E-state index in [9.17, 15) is 26.4 Å². The summed E-state index contributed by atoms with van der Waals surface area (Å²) in [5.41, 5.74) is -0.960. The summed E-state index contributed by atoms with van der Waals surface area (Å²) in [5, 5.41) is 0. The second-order valence-electron chi connectivity index (χ2n) is 10.1. The van der Waals surface area contributed by atoms with E-state index >= 15 is 0 Å². The van der Waals surface area contributed by atoms with Gasteiger partial charge in [-0.05, 0) is 81.6 Å². The van der Waals surface area contributed by atoms with Crippen LogP contribution in [0.15, 0.2) is 29.2 Å². The van der Waals surface area contributed by atoms with Crippen LogP contribution >= 0.6 is 0 Å². The number of carbonyl (C=O) groups is 1. The molecular weight excluding hydrogens is 467 g/mol. The Morgan fingerprint density at radius 2 is 1.85 bits per heavy atom. The average Bonchev–Trinajstić information content (AvgIpc) is 2.79. The van der Waals surface area contributed by atoms with Gasteiger partial charge in [0.2, 0.25) is 15.9 Å². The van der Waals surface area contributed by atoms with Gasteiger partial charge in [-0.3, -0.25) is 9.69 Å². The highest BCUT2D eigenvalue weighted by atomic mass is 32.2. The van der Waals surface area contributed by atoms with E-state index in [4.69, 9.17) is 0 Å². The van der Waals surface area contributed by atoms with Gasteiger partial charge in [0.05, 0.1) is 10.5 Å². The average molecular weight is 502 g/mol. The molecule has 0 aromatic heterocycles. The Morgan fingerprint density at radius 3 is 2.53 bits per heavy atom. The fraction of sp³-hybridized carbons (Fsp3) is 0.708. The fourth-order valence-electron chi connectivity index (χ4n) is 6.24. The van der Waals surface area contributed by atoms with Crippen molar-refractivity contribution in [1.29, 1.82) is 0 Å². The highest BCUT2D eigenvalue weighted by Crippen LogP contribution is 2.45. The third kappa shape index (κ3) is 4.99. The van der Waals surface area contributed by atoms with Gasteiger partial charge < -0.3 is 4.90 Å². The van der Waals surface area contributed by atoms with E-state index in [2.05, 4.69) is 4.90 Å². The Hall–Kier alpha value is -1.65. The molecule has 1 aromatic rings. The molecule has 3 saturated heterocycles. The number of hydrogen-bond acceptors (Lipinski definition) is 4. The lowest BCUT2D eigenvalue weighted by Gasteiger charge is -2.57. The van der Waals surface area contributed by atoms with Crippen molar-refractivity contribution >= 4 is 15.9 Å². The molecule has 3 aliphatic rings. The highest BCUT2D eigenvalue weighted by molar-refractivity contribution is 7.89. The lowest BCUT2D eigenvalue weighted by atomic mass is 9.70. The van der Waals surface area contributed by atoms with Gasteiger partial charge in [0.1, 0.15) is 0 Å². The van der Waals surface area contributed by atoms with E-state index in [0.29, 0.717) is 31.8 Å². The smallest absolute Gasteiger partial charge is 0.349 e. The zero-order valence-corrected chi connectivity index (χ0v) is 20.6. The molecule has 0 radical (unpaired) electrons. The second-order valence-corrected chi connectivity index (χ2v) is 12.0. The highest BCUT2D eigenvalue weighted by Gasteiger charge is 2.51. The first kappa shape index (κ1) is 25.4. The number of rotatable bonds is 6. The summed E-state index contributed by atoms with van der Waals surface area (Å²) in [4.78, 5) is 15.9. The van der Waals surface area contributed by atoms with Crippen LogP contribution in [-0.4, -0.2) is 74.2 Å².